The van der Waals surface area contributed by atoms with E-state index in [1.165, 1.54) is 13.8 Å². The fourth-order valence-electron chi connectivity index (χ4n) is 2.76. The van der Waals surface area contributed by atoms with Crippen molar-refractivity contribution in [2.24, 2.45) is 0 Å². The lowest BCUT2D eigenvalue weighted by atomic mass is 10.2. The molecule has 0 heterocycles. The van der Waals surface area contributed by atoms with E-state index in [-0.39, 0.29) is 36.8 Å². The van der Waals surface area contributed by atoms with Gasteiger partial charge in [0.15, 0.2) is 0 Å². The molecule has 2 aromatic carbocycles. The number of rotatable bonds is 8. The van der Waals surface area contributed by atoms with Crippen LogP contribution in [0.4, 0.5) is 17.1 Å². The molecule has 154 valence electrons. The molecule has 3 amide bonds. The molecule has 0 aliphatic carbocycles. The number of amides is 3. The number of hydrogen-bond donors (Lipinski definition) is 2. The quantitative estimate of drug-likeness (QED) is 0.709. The van der Waals surface area contributed by atoms with Crippen LogP contribution in [0.5, 0.6) is 5.75 Å². The van der Waals surface area contributed by atoms with Gasteiger partial charge in [-0.1, -0.05) is 6.07 Å². The van der Waals surface area contributed by atoms with E-state index in [2.05, 4.69) is 10.6 Å². The zero-order chi connectivity index (χ0) is 21.4. The van der Waals surface area contributed by atoms with Crippen molar-refractivity contribution >= 4 is 34.8 Å². The number of anilines is 3. The van der Waals surface area contributed by atoms with Gasteiger partial charge in [0, 0.05) is 43.9 Å². The van der Waals surface area contributed by atoms with Crippen LogP contribution in [0.3, 0.4) is 0 Å². The van der Waals surface area contributed by atoms with Crippen molar-refractivity contribution < 1.29 is 19.1 Å². The SMILES string of the molecule is CC(=O)Nc1cccc(NC(=O)CCN(C(C)=O)c2ccc(OC(C)C)cc2)c1. The Kier molecular flexibility index (Phi) is 7.77. The molecule has 2 aromatic rings. The maximum atomic E-state index is 12.3. The van der Waals surface area contributed by atoms with Crippen molar-refractivity contribution in [2.75, 3.05) is 22.1 Å². The topological polar surface area (TPSA) is 87.7 Å². The van der Waals surface area contributed by atoms with Crippen molar-refractivity contribution in [1.29, 1.82) is 0 Å². The Labute approximate surface area is 171 Å². The van der Waals surface area contributed by atoms with Crippen molar-refractivity contribution in [2.45, 2.75) is 40.2 Å². The molecule has 0 unspecified atom stereocenters. The van der Waals surface area contributed by atoms with Gasteiger partial charge < -0.3 is 20.3 Å². The van der Waals surface area contributed by atoms with Gasteiger partial charge in [-0.15, -0.1) is 0 Å². The summed E-state index contributed by atoms with van der Waals surface area (Å²) in [7, 11) is 0. The van der Waals surface area contributed by atoms with Gasteiger partial charge in [-0.25, -0.2) is 0 Å². The zero-order valence-corrected chi connectivity index (χ0v) is 17.2. The number of benzene rings is 2. The predicted octanol–water partition coefficient (Wildman–Crippen LogP) is 3.81. The molecule has 0 aliphatic heterocycles. The lowest BCUT2D eigenvalue weighted by Crippen LogP contribution is -2.31. The molecule has 7 heteroatoms. The van der Waals surface area contributed by atoms with Gasteiger partial charge in [-0.3, -0.25) is 14.4 Å². The second-order valence-electron chi connectivity index (χ2n) is 6.89. The average molecular weight is 397 g/mol. The van der Waals surface area contributed by atoms with Crippen LogP contribution in [0.1, 0.15) is 34.1 Å². The molecule has 0 saturated heterocycles. The fourth-order valence-corrected chi connectivity index (χ4v) is 2.76. The largest absolute Gasteiger partial charge is 0.491 e. The first-order valence-corrected chi connectivity index (χ1v) is 9.47. The second kappa shape index (κ2) is 10.3. The highest BCUT2D eigenvalue weighted by molar-refractivity contribution is 5.95. The Morgan fingerprint density at radius 1 is 0.966 bits per heavy atom. The molecule has 0 aliphatic rings. The minimum absolute atomic E-state index is 0.0672. The van der Waals surface area contributed by atoms with Crippen LogP contribution in [0, 0.1) is 0 Å². The Morgan fingerprint density at radius 3 is 2.14 bits per heavy atom. The van der Waals surface area contributed by atoms with Gasteiger partial charge in [0.05, 0.1) is 6.10 Å². The summed E-state index contributed by atoms with van der Waals surface area (Å²) >= 11 is 0. The number of hydrogen-bond acceptors (Lipinski definition) is 4. The number of nitrogens with one attached hydrogen (secondary N) is 2. The van der Waals surface area contributed by atoms with Gasteiger partial charge >= 0.3 is 0 Å². The first-order chi connectivity index (χ1) is 13.7. The third-order valence-corrected chi connectivity index (χ3v) is 3.93. The Balaban J connectivity index is 1.97. The molecular weight excluding hydrogens is 370 g/mol. The van der Waals surface area contributed by atoms with Crippen LogP contribution in [0.15, 0.2) is 48.5 Å². The first-order valence-electron chi connectivity index (χ1n) is 9.47. The van der Waals surface area contributed by atoms with Gasteiger partial charge in [0.25, 0.3) is 0 Å². The molecule has 0 spiro atoms. The summed E-state index contributed by atoms with van der Waals surface area (Å²) in [4.78, 5) is 37.1. The van der Waals surface area contributed by atoms with E-state index in [0.717, 1.165) is 5.75 Å². The second-order valence-corrected chi connectivity index (χ2v) is 6.89. The van der Waals surface area contributed by atoms with E-state index >= 15 is 0 Å². The highest BCUT2D eigenvalue weighted by Crippen LogP contribution is 2.21. The molecule has 0 bridgehead atoms. The van der Waals surface area contributed by atoms with Crippen molar-refractivity contribution in [3.05, 3.63) is 48.5 Å². The molecule has 0 fully saturated rings. The molecule has 29 heavy (non-hydrogen) atoms. The third kappa shape index (κ3) is 7.29. The van der Waals surface area contributed by atoms with E-state index in [4.69, 9.17) is 4.74 Å². The van der Waals surface area contributed by atoms with Crippen molar-refractivity contribution in [3.63, 3.8) is 0 Å². The summed E-state index contributed by atoms with van der Waals surface area (Å²) < 4.78 is 5.61. The third-order valence-electron chi connectivity index (χ3n) is 3.93. The van der Waals surface area contributed by atoms with E-state index in [1.54, 1.807) is 53.4 Å². The fraction of sp³-hybridized carbons (Fsp3) is 0.318. The average Bonchev–Trinajstić information content (AvgIpc) is 2.62. The number of nitrogens with zero attached hydrogens (tertiary/aromatic N) is 1. The van der Waals surface area contributed by atoms with E-state index in [0.29, 0.717) is 17.1 Å². The molecule has 2 N–H and O–H groups in total. The maximum absolute atomic E-state index is 12.3. The summed E-state index contributed by atoms with van der Waals surface area (Å²) in [6.45, 7) is 7.02. The molecule has 0 atom stereocenters. The van der Waals surface area contributed by atoms with Gasteiger partial charge in [-0.2, -0.15) is 0 Å². The van der Waals surface area contributed by atoms with Crippen LogP contribution in [0.25, 0.3) is 0 Å². The summed E-state index contributed by atoms with van der Waals surface area (Å²) in [6, 6.07) is 14.1. The lowest BCUT2D eigenvalue weighted by Gasteiger charge is -2.21. The van der Waals surface area contributed by atoms with Gasteiger partial charge in [-0.05, 0) is 56.3 Å². The Morgan fingerprint density at radius 2 is 1.59 bits per heavy atom. The summed E-state index contributed by atoms with van der Waals surface area (Å²) in [6.07, 6.45) is 0.200. The smallest absolute Gasteiger partial charge is 0.226 e. The zero-order valence-electron chi connectivity index (χ0n) is 17.2. The van der Waals surface area contributed by atoms with Crippen LogP contribution in [0.2, 0.25) is 0 Å². The number of carbonyl (C=O) groups is 3. The molecule has 2 rings (SSSR count). The maximum Gasteiger partial charge on any atom is 0.226 e. The monoisotopic (exact) mass is 397 g/mol. The van der Waals surface area contributed by atoms with Crippen LogP contribution >= 0.6 is 0 Å². The first kappa shape index (κ1) is 21.9. The van der Waals surface area contributed by atoms with E-state index in [1.807, 2.05) is 13.8 Å². The van der Waals surface area contributed by atoms with Crippen molar-refractivity contribution in [1.82, 2.24) is 0 Å². The Hall–Kier alpha value is -3.35. The Bertz CT molecular complexity index is 863. The van der Waals surface area contributed by atoms with E-state index in [9.17, 15) is 14.4 Å². The molecule has 0 saturated carbocycles. The highest BCUT2D eigenvalue weighted by Gasteiger charge is 2.14. The summed E-state index contributed by atoms with van der Waals surface area (Å²) in [5, 5.41) is 5.45. The molecular formula is C22H27N3O4. The standard InChI is InChI=1S/C22H27N3O4/c1-15(2)29-21-10-8-20(9-11-21)25(17(4)27)13-12-22(28)24-19-7-5-6-18(14-19)23-16(3)26/h5-11,14-15H,12-13H2,1-4H3,(H,23,26)(H,24,28). The number of ether oxygens (including phenoxy) is 1. The summed E-state index contributed by atoms with van der Waals surface area (Å²) in [5.74, 6) is 0.165. The lowest BCUT2D eigenvalue weighted by molar-refractivity contribution is -0.117. The predicted molar refractivity (Wildman–Crippen MR) is 114 cm³/mol. The van der Waals surface area contributed by atoms with E-state index < -0.39 is 0 Å². The van der Waals surface area contributed by atoms with Gasteiger partial charge in [0.1, 0.15) is 5.75 Å². The minimum Gasteiger partial charge on any atom is -0.491 e. The number of carbonyl (C=O) groups excluding carboxylic acids is 3. The van der Waals surface area contributed by atoms with Crippen LogP contribution < -0.4 is 20.3 Å². The van der Waals surface area contributed by atoms with Crippen molar-refractivity contribution in [3.8, 4) is 5.75 Å². The highest BCUT2D eigenvalue weighted by atomic mass is 16.5. The van der Waals surface area contributed by atoms with Gasteiger partial charge in [0.2, 0.25) is 17.7 Å². The molecule has 0 aromatic heterocycles. The minimum atomic E-state index is -0.226. The molecule has 7 nitrogen and oxygen atoms in total. The van der Waals surface area contributed by atoms with Crippen LogP contribution in [-0.2, 0) is 14.4 Å². The van der Waals surface area contributed by atoms with Crippen LogP contribution in [-0.4, -0.2) is 30.4 Å². The molecule has 0 radical (unpaired) electrons. The normalized spacial score (nSPS) is 10.4. The summed E-state index contributed by atoms with van der Waals surface area (Å²) in [5.41, 5.74) is 1.88.